The van der Waals surface area contributed by atoms with Crippen molar-refractivity contribution in [3.05, 3.63) is 46.3 Å². The highest BCUT2D eigenvalue weighted by atomic mass is 32.1. The normalized spacial score (nSPS) is 15.1. The fourth-order valence-electron chi connectivity index (χ4n) is 3.07. The van der Waals surface area contributed by atoms with E-state index in [0.717, 1.165) is 12.3 Å². The van der Waals surface area contributed by atoms with Crippen molar-refractivity contribution in [1.82, 2.24) is 15.2 Å². The topological polar surface area (TPSA) is 65.5 Å². The number of anilines is 1. The monoisotopic (exact) mass is 426 g/mol. The first-order chi connectivity index (χ1) is 13.8. The minimum absolute atomic E-state index is 0.0568. The molecule has 0 atom stereocenters. The van der Waals surface area contributed by atoms with Gasteiger partial charge in [-0.1, -0.05) is 6.07 Å². The summed E-state index contributed by atoms with van der Waals surface area (Å²) in [4.78, 5) is 32.5. The molecule has 1 saturated heterocycles. The fourth-order valence-corrected chi connectivity index (χ4v) is 3.71. The number of halogens is 3. The van der Waals surface area contributed by atoms with Gasteiger partial charge in [0.25, 0.3) is 5.91 Å². The van der Waals surface area contributed by atoms with Gasteiger partial charge in [-0.05, 0) is 30.0 Å². The van der Waals surface area contributed by atoms with Crippen molar-refractivity contribution in [3.63, 3.8) is 0 Å². The third-order valence-corrected chi connectivity index (χ3v) is 5.49. The van der Waals surface area contributed by atoms with E-state index in [0.29, 0.717) is 43.3 Å². The van der Waals surface area contributed by atoms with Crippen molar-refractivity contribution >= 4 is 29.0 Å². The summed E-state index contributed by atoms with van der Waals surface area (Å²) in [6.07, 6.45) is -2.68. The van der Waals surface area contributed by atoms with Gasteiger partial charge in [0.2, 0.25) is 5.91 Å². The van der Waals surface area contributed by atoms with Gasteiger partial charge in [-0.3, -0.25) is 9.59 Å². The molecule has 0 bridgehead atoms. The summed E-state index contributed by atoms with van der Waals surface area (Å²) >= 11 is 1.34. The van der Waals surface area contributed by atoms with Crippen LogP contribution in [0.1, 0.15) is 28.1 Å². The number of amides is 2. The lowest BCUT2D eigenvalue weighted by Gasteiger charge is -2.23. The van der Waals surface area contributed by atoms with E-state index in [1.54, 1.807) is 17.0 Å². The van der Waals surface area contributed by atoms with Crippen LogP contribution in [0, 0.1) is 0 Å². The highest BCUT2D eigenvalue weighted by molar-refractivity contribution is 7.12. The number of hydrogen-bond donors (Lipinski definition) is 1. The van der Waals surface area contributed by atoms with E-state index in [1.165, 1.54) is 17.4 Å². The van der Waals surface area contributed by atoms with Gasteiger partial charge in [0.15, 0.2) is 0 Å². The van der Waals surface area contributed by atoms with Crippen LogP contribution in [0.3, 0.4) is 0 Å². The van der Waals surface area contributed by atoms with E-state index in [1.807, 2.05) is 10.3 Å². The Labute approximate surface area is 170 Å². The van der Waals surface area contributed by atoms with Crippen molar-refractivity contribution < 1.29 is 22.8 Å². The third kappa shape index (κ3) is 5.69. The van der Waals surface area contributed by atoms with Crippen LogP contribution < -0.4 is 10.2 Å². The molecule has 2 aromatic heterocycles. The van der Waals surface area contributed by atoms with Crippen molar-refractivity contribution in [2.75, 3.05) is 37.6 Å². The SMILES string of the molecule is O=C(NCCC(=O)N1CCCN(c2ccc(C(F)(F)F)cn2)CC1)c1cccs1. The Balaban J connectivity index is 1.47. The molecule has 10 heteroatoms. The highest BCUT2D eigenvalue weighted by Crippen LogP contribution is 2.29. The first-order valence-corrected chi connectivity index (χ1v) is 10.1. The Bertz CT molecular complexity index is 825. The van der Waals surface area contributed by atoms with E-state index < -0.39 is 11.7 Å². The number of aromatic nitrogens is 1. The number of pyridine rings is 1. The number of nitrogens with one attached hydrogen (secondary N) is 1. The molecule has 0 unspecified atom stereocenters. The third-order valence-electron chi connectivity index (χ3n) is 4.62. The van der Waals surface area contributed by atoms with Crippen LogP contribution in [0.2, 0.25) is 0 Å². The number of rotatable bonds is 5. The fraction of sp³-hybridized carbons (Fsp3) is 0.421. The Morgan fingerprint density at radius 2 is 1.97 bits per heavy atom. The summed E-state index contributed by atoms with van der Waals surface area (Å²) in [5.41, 5.74) is -0.780. The maximum Gasteiger partial charge on any atom is 0.417 e. The van der Waals surface area contributed by atoms with Crippen molar-refractivity contribution in [3.8, 4) is 0 Å². The molecule has 156 valence electrons. The van der Waals surface area contributed by atoms with Crippen LogP contribution in [-0.4, -0.2) is 54.4 Å². The number of nitrogens with zero attached hydrogens (tertiary/aromatic N) is 3. The maximum absolute atomic E-state index is 12.7. The smallest absolute Gasteiger partial charge is 0.355 e. The summed E-state index contributed by atoms with van der Waals surface area (Å²) < 4.78 is 38.0. The highest BCUT2D eigenvalue weighted by Gasteiger charge is 2.31. The predicted molar refractivity (Wildman–Crippen MR) is 104 cm³/mol. The van der Waals surface area contributed by atoms with Crippen LogP contribution in [0.25, 0.3) is 0 Å². The Hall–Kier alpha value is -2.62. The molecule has 1 N–H and O–H groups in total. The quantitative estimate of drug-likeness (QED) is 0.798. The largest absolute Gasteiger partial charge is 0.417 e. The average Bonchev–Trinajstić information content (AvgIpc) is 3.12. The van der Waals surface area contributed by atoms with Gasteiger partial charge in [-0.25, -0.2) is 4.98 Å². The van der Waals surface area contributed by atoms with Crippen molar-refractivity contribution in [1.29, 1.82) is 0 Å². The summed E-state index contributed by atoms with van der Waals surface area (Å²) in [5.74, 6) is 0.220. The molecule has 0 saturated carbocycles. The molecular formula is C19H21F3N4O2S. The lowest BCUT2D eigenvalue weighted by atomic mass is 10.2. The van der Waals surface area contributed by atoms with Gasteiger partial charge >= 0.3 is 6.18 Å². The molecule has 0 spiro atoms. The molecule has 1 aliphatic rings. The number of thiophene rings is 1. The molecule has 3 heterocycles. The average molecular weight is 426 g/mol. The molecule has 1 fully saturated rings. The molecule has 0 aliphatic carbocycles. The number of alkyl halides is 3. The summed E-state index contributed by atoms with van der Waals surface area (Å²) in [6.45, 7) is 2.38. The Morgan fingerprint density at radius 3 is 2.62 bits per heavy atom. The molecule has 0 aromatic carbocycles. The zero-order valence-corrected chi connectivity index (χ0v) is 16.4. The standard InChI is InChI=1S/C19H21F3N4O2S/c20-19(21,22)14-4-5-16(24-13-14)25-8-2-9-26(11-10-25)17(27)6-7-23-18(28)15-3-1-12-29-15/h1,3-5,12-13H,2,6-11H2,(H,23,28). The van der Waals surface area contributed by atoms with E-state index in [4.69, 9.17) is 0 Å². The minimum atomic E-state index is -4.41. The molecular weight excluding hydrogens is 405 g/mol. The number of carbonyl (C=O) groups excluding carboxylic acids is 2. The maximum atomic E-state index is 12.7. The molecule has 1 aliphatic heterocycles. The van der Waals surface area contributed by atoms with Gasteiger partial charge in [-0.2, -0.15) is 13.2 Å². The number of hydrogen-bond acceptors (Lipinski definition) is 5. The van der Waals surface area contributed by atoms with Gasteiger partial charge in [0.05, 0.1) is 10.4 Å². The first-order valence-electron chi connectivity index (χ1n) is 9.22. The Morgan fingerprint density at radius 1 is 1.14 bits per heavy atom. The molecule has 29 heavy (non-hydrogen) atoms. The van der Waals surface area contributed by atoms with Gasteiger partial charge in [-0.15, -0.1) is 11.3 Å². The van der Waals surface area contributed by atoms with E-state index in [9.17, 15) is 22.8 Å². The van der Waals surface area contributed by atoms with Gasteiger partial charge < -0.3 is 15.1 Å². The zero-order chi connectivity index (χ0) is 20.9. The van der Waals surface area contributed by atoms with E-state index in [-0.39, 0.29) is 24.8 Å². The van der Waals surface area contributed by atoms with Gasteiger partial charge in [0.1, 0.15) is 5.82 Å². The summed E-state index contributed by atoms with van der Waals surface area (Å²) in [6, 6.07) is 5.90. The summed E-state index contributed by atoms with van der Waals surface area (Å²) in [5, 5.41) is 4.55. The van der Waals surface area contributed by atoms with E-state index in [2.05, 4.69) is 10.3 Å². The van der Waals surface area contributed by atoms with Crippen LogP contribution in [0.5, 0.6) is 0 Å². The van der Waals surface area contributed by atoms with E-state index >= 15 is 0 Å². The first kappa shape index (κ1) is 21.1. The second-order valence-electron chi connectivity index (χ2n) is 6.61. The second kappa shape index (κ2) is 9.25. The second-order valence-corrected chi connectivity index (χ2v) is 7.56. The zero-order valence-electron chi connectivity index (χ0n) is 15.6. The predicted octanol–water partition coefficient (Wildman–Crippen LogP) is 3.02. The Kier molecular flexibility index (Phi) is 6.73. The minimum Gasteiger partial charge on any atom is -0.355 e. The van der Waals surface area contributed by atoms with Crippen molar-refractivity contribution in [2.45, 2.75) is 19.0 Å². The molecule has 6 nitrogen and oxygen atoms in total. The lowest BCUT2D eigenvalue weighted by molar-refractivity contribution is -0.137. The molecule has 3 rings (SSSR count). The van der Waals surface area contributed by atoms with Gasteiger partial charge in [0, 0.05) is 45.3 Å². The van der Waals surface area contributed by atoms with Crippen LogP contribution in [0.15, 0.2) is 35.8 Å². The lowest BCUT2D eigenvalue weighted by Crippen LogP contribution is -2.37. The molecule has 0 radical (unpaired) electrons. The molecule has 2 amide bonds. The van der Waals surface area contributed by atoms with Crippen LogP contribution >= 0.6 is 11.3 Å². The molecule has 2 aromatic rings. The van der Waals surface area contributed by atoms with Crippen molar-refractivity contribution in [2.24, 2.45) is 0 Å². The van der Waals surface area contributed by atoms with Crippen LogP contribution in [0.4, 0.5) is 19.0 Å². The summed E-state index contributed by atoms with van der Waals surface area (Å²) in [7, 11) is 0. The van der Waals surface area contributed by atoms with Crippen LogP contribution in [-0.2, 0) is 11.0 Å². The number of carbonyl (C=O) groups is 2.